The SMILES string of the molecule is O=Cc1c(-c2cccc([N+](=O)[O-])c2)nc2ccc(Br)cn12. The average molecular weight is 346 g/mol. The first kappa shape index (κ1) is 13.4. The Bertz CT molecular complexity index is 873. The van der Waals surface area contributed by atoms with E-state index in [9.17, 15) is 14.9 Å². The average Bonchev–Trinajstić information content (AvgIpc) is 2.85. The van der Waals surface area contributed by atoms with Gasteiger partial charge in [-0.1, -0.05) is 12.1 Å². The number of nitro benzene ring substituents is 1. The van der Waals surface area contributed by atoms with Crippen LogP contribution in [0, 0.1) is 10.1 Å². The molecule has 0 fully saturated rings. The van der Waals surface area contributed by atoms with Crippen molar-refractivity contribution in [3.63, 3.8) is 0 Å². The second kappa shape index (κ2) is 5.10. The number of hydrogen-bond donors (Lipinski definition) is 0. The van der Waals surface area contributed by atoms with Crippen molar-refractivity contribution < 1.29 is 9.72 Å². The molecule has 0 saturated heterocycles. The summed E-state index contributed by atoms with van der Waals surface area (Å²) in [6.45, 7) is 0. The standard InChI is InChI=1S/C14H8BrN3O3/c15-10-4-5-13-16-14(12(8-19)17(13)7-10)9-2-1-3-11(6-9)18(20)21/h1-8H. The van der Waals surface area contributed by atoms with E-state index >= 15 is 0 Å². The van der Waals surface area contributed by atoms with Gasteiger partial charge >= 0.3 is 0 Å². The zero-order valence-corrected chi connectivity index (χ0v) is 12.1. The number of rotatable bonds is 3. The number of pyridine rings is 1. The largest absolute Gasteiger partial charge is 0.296 e. The second-order valence-electron chi connectivity index (χ2n) is 4.35. The molecule has 21 heavy (non-hydrogen) atoms. The Labute approximate surface area is 127 Å². The second-order valence-corrected chi connectivity index (χ2v) is 5.26. The van der Waals surface area contributed by atoms with Crippen LogP contribution >= 0.6 is 15.9 Å². The van der Waals surface area contributed by atoms with Gasteiger partial charge in [0.2, 0.25) is 0 Å². The highest BCUT2D eigenvalue weighted by Gasteiger charge is 2.16. The summed E-state index contributed by atoms with van der Waals surface area (Å²) in [4.78, 5) is 26.2. The third kappa shape index (κ3) is 2.31. The lowest BCUT2D eigenvalue weighted by Crippen LogP contribution is -1.93. The Balaban J connectivity index is 2.27. The number of carbonyl (C=O) groups excluding carboxylic acids is 1. The fourth-order valence-corrected chi connectivity index (χ4v) is 2.47. The number of fused-ring (bicyclic) bond motifs is 1. The fraction of sp³-hybridized carbons (Fsp3) is 0. The van der Waals surface area contributed by atoms with E-state index in [0.717, 1.165) is 4.47 Å². The number of hydrogen-bond acceptors (Lipinski definition) is 4. The third-order valence-electron chi connectivity index (χ3n) is 3.06. The van der Waals surface area contributed by atoms with Crippen molar-refractivity contribution in [2.24, 2.45) is 0 Å². The van der Waals surface area contributed by atoms with Crippen LogP contribution in [0.25, 0.3) is 16.9 Å². The maximum absolute atomic E-state index is 11.4. The minimum absolute atomic E-state index is 0.0393. The fourth-order valence-electron chi connectivity index (χ4n) is 2.13. The molecule has 3 rings (SSSR count). The molecule has 0 aliphatic rings. The highest BCUT2D eigenvalue weighted by Crippen LogP contribution is 2.27. The van der Waals surface area contributed by atoms with E-state index in [2.05, 4.69) is 20.9 Å². The zero-order chi connectivity index (χ0) is 15.0. The highest BCUT2D eigenvalue weighted by molar-refractivity contribution is 9.10. The third-order valence-corrected chi connectivity index (χ3v) is 3.53. The first-order chi connectivity index (χ1) is 10.1. The molecule has 6 nitrogen and oxygen atoms in total. The molecule has 104 valence electrons. The van der Waals surface area contributed by atoms with Gasteiger partial charge in [0.05, 0.1) is 4.92 Å². The molecule has 0 spiro atoms. The number of aromatic nitrogens is 2. The number of aldehydes is 1. The summed E-state index contributed by atoms with van der Waals surface area (Å²) in [7, 11) is 0. The van der Waals surface area contributed by atoms with Crippen molar-refractivity contribution in [3.8, 4) is 11.3 Å². The molecule has 3 aromatic rings. The van der Waals surface area contributed by atoms with Crippen LogP contribution in [0.3, 0.4) is 0 Å². The number of carbonyl (C=O) groups is 1. The molecule has 0 atom stereocenters. The van der Waals surface area contributed by atoms with E-state index in [-0.39, 0.29) is 5.69 Å². The molecule has 1 aromatic carbocycles. The maximum Gasteiger partial charge on any atom is 0.270 e. The summed E-state index contributed by atoms with van der Waals surface area (Å²) in [5.74, 6) is 0. The summed E-state index contributed by atoms with van der Waals surface area (Å²) >= 11 is 3.34. The molecular formula is C14H8BrN3O3. The van der Waals surface area contributed by atoms with Gasteiger partial charge in [0, 0.05) is 28.4 Å². The van der Waals surface area contributed by atoms with Crippen molar-refractivity contribution in [1.82, 2.24) is 9.38 Å². The number of non-ortho nitro benzene ring substituents is 1. The van der Waals surface area contributed by atoms with Crippen LogP contribution in [0.15, 0.2) is 47.1 Å². The maximum atomic E-state index is 11.4. The van der Waals surface area contributed by atoms with E-state index in [1.165, 1.54) is 12.1 Å². The predicted octanol–water partition coefficient (Wildman–Crippen LogP) is 3.48. The van der Waals surface area contributed by atoms with Crippen molar-refractivity contribution in [2.75, 3.05) is 0 Å². The quantitative estimate of drug-likeness (QED) is 0.413. The first-order valence-electron chi connectivity index (χ1n) is 5.98. The lowest BCUT2D eigenvalue weighted by molar-refractivity contribution is -0.384. The van der Waals surface area contributed by atoms with Crippen LogP contribution in [-0.2, 0) is 0 Å². The molecule has 0 unspecified atom stereocenters. The van der Waals surface area contributed by atoms with E-state index in [0.29, 0.717) is 28.9 Å². The molecule has 2 heterocycles. The van der Waals surface area contributed by atoms with Gasteiger partial charge in [-0.05, 0) is 28.1 Å². The monoisotopic (exact) mass is 345 g/mol. The van der Waals surface area contributed by atoms with Gasteiger partial charge in [0.15, 0.2) is 6.29 Å². The normalized spacial score (nSPS) is 10.7. The predicted molar refractivity (Wildman–Crippen MR) is 80.4 cm³/mol. The lowest BCUT2D eigenvalue weighted by Gasteiger charge is -1.99. The smallest absolute Gasteiger partial charge is 0.270 e. The van der Waals surface area contributed by atoms with Crippen LogP contribution < -0.4 is 0 Å². The van der Waals surface area contributed by atoms with Crippen molar-refractivity contribution in [3.05, 3.63) is 62.9 Å². The lowest BCUT2D eigenvalue weighted by atomic mass is 10.1. The van der Waals surface area contributed by atoms with Crippen LogP contribution in [-0.4, -0.2) is 20.6 Å². The summed E-state index contributed by atoms with van der Waals surface area (Å²) in [5.41, 5.74) is 1.87. The number of halogens is 1. The molecule has 0 amide bonds. The van der Waals surface area contributed by atoms with Crippen molar-refractivity contribution >= 4 is 33.6 Å². The van der Waals surface area contributed by atoms with E-state index in [1.54, 1.807) is 28.8 Å². The van der Waals surface area contributed by atoms with Crippen LogP contribution in [0.1, 0.15) is 10.5 Å². The number of nitrogens with zero attached hydrogens (tertiary/aromatic N) is 3. The Morgan fingerprint density at radius 1 is 1.29 bits per heavy atom. The molecule has 0 bridgehead atoms. The summed E-state index contributed by atoms with van der Waals surface area (Å²) < 4.78 is 2.45. The zero-order valence-electron chi connectivity index (χ0n) is 10.6. The van der Waals surface area contributed by atoms with Crippen molar-refractivity contribution in [1.29, 1.82) is 0 Å². The van der Waals surface area contributed by atoms with Gasteiger partial charge in [0.25, 0.3) is 5.69 Å². The Hall–Kier alpha value is -2.54. The summed E-state index contributed by atoms with van der Waals surface area (Å²) in [5, 5.41) is 10.9. The van der Waals surface area contributed by atoms with Crippen LogP contribution in [0.4, 0.5) is 5.69 Å². The molecule has 0 aliphatic heterocycles. The summed E-state index contributed by atoms with van der Waals surface area (Å²) in [6.07, 6.45) is 2.42. The number of benzene rings is 1. The van der Waals surface area contributed by atoms with Gasteiger partial charge in [-0.3, -0.25) is 19.3 Å². The van der Waals surface area contributed by atoms with Gasteiger partial charge in [-0.25, -0.2) is 4.98 Å². The number of nitro groups is 1. The Morgan fingerprint density at radius 3 is 2.81 bits per heavy atom. The topological polar surface area (TPSA) is 77.5 Å². The molecule has 0 aliphatic carbocycles. The Kier molecular flexibility index (Phi) is 3.26. The van der Waals surface area contributed by atoms with Gasteiger partial charge in [-0.2, -0.15) is 0 Å². The highest BCUT2D eigenvalue weighted by atomic mass is 79.9. The molecule has 0 radical (unpaired) electrons. The van der Waals surface area contributed by atoms with Gasteiger partial charge in [-0.15, -0.1) is 0 Å². The Morgan fingerprint density at radius 2 is 2.10 bits per heavy atom. The van der Waals surface area contributed by atoms with Crippen LogP contribution in [0.2, 0.25) is 0 Å². The first-order valence-corrected chi connectivity index (χ1v) is 6.77. The number of imidazole rings is 1. The molecule has 2 aromatic heterocycles. The summed E-state index contributed by atoms with van der Waals surface area (Å²) in [6, 6.07) is 9.64. The van der Waals surface area contributed by atoms with Gasteiger partial charge < -0.3 is 0 Å². The van der Waals surface area contributed by atoms with E-state index in [1.807, 2.05) is 6.07 Å². The minimum Gasteiger partial charge on any atom is -0.296 e. The molecule has 0 N–H and O–H groups in total. The minimum atomic E-state index is -0.476. The van der Waals surface area contributed by atoms with Gasteiger partial charge in [0.1, 0.15) is 17.0 Å². The van der Waals surface area contributed by atoms with E-state index < -0.39 is 4.92 Å². The van der Waals surface area contributed by atoms with Crippen LogP contribution in [0.5, 0.6) is 0 Å². The molecule has 0 saturated carbocycles. The van der Waals surface area contributed by atoms with E-state index in [4.69, 9.17) is 0 Å². The molecule has 7 heteroatoms. The van der Waals surface area contributed by atoms with Crippen molar-refractivity contribution in [2.45, 2.75) is 0 Å². The molecular weight excluding hydrogens is 338 g/mol.